The van der Waals surface area contributed by atoms with Crippen molar-refractivity contribution in [3.05, 3.63) is 24.2 Å². The van der Waals surface area contributed by atoms with E-state index in [2.05, 4.69) is 5.32 Å². The van der Waals surface area contributed by atoms with Crippen LogP contribution in [0.3, 0.4) is 0 Å². The molecule has 1 aliphatic heterocycles. The van der Waals surface area contributed by atoms with Crippen LogP contribution < -0.4 is 5.32 Å². The molecule has 1 unspecified atom stereocenters. The van der Waals surface area contributed by atoms with Gasteiger partial charge in [-0.25, -0.2) is 9.69 Å². The Morgan fingerprint density at radius 1 is 1.40 bits per heavy atom. The molecule has 0 bridgehead atoms. The first-order valence-electron chi connectivity index (χ1n) is 8.73. The van der Waals surface area contributed by atoms with Gasteiger partial charge in [-0.1, -0.05) is 0 Å². The molecule has 1 aliphatic rings. The molecule has 140 valence electrons. The van der Waals surface area contributed by atoms with Gasteiger partial charge in [-0.05, 0) is 58.2 Å². The quantitative estimate of drug-likeness (QED) is 0.760. The summed E-state index contributed by atoms with van der Waals surface area (Å²) in [6, 6.07) is 3.16. The number of carbonyl (C=O) groups is 2. The molecule has 0 spiro atoms. The Bertz CT molecular complexity index is 544. The summed E-state index contributed by atoms with van der Waals surface area (Å²) in [5.41, 5.74) is -0.667. The number of hydrogen-bond acceptors (Lipinski definition) is 6. The maximum Gasteiger partial charge on any atom is 0.417 e. The monoisotopic (exact) mass is 352 g/mol. The largest absolute Gasteiger partial charge is 0.459 e. The van der Waals surface area contributed by atoms with Crippen molar-refractivity contribution in [1.29, 1.82) is 0 Å². The third kappa shape index (κ3) is 6.51. The molecule has 0 radical (unpaired) electrons. The van der Waals surface area contributed by atoms with Crippen molar-refractivity contribution < 1.29 is 23.5 Å². The van der Waals surface area contributed by atoms with Crippen LogP contribution in [0.4, 0.5) is 4.79 Å². The highest BCUT2D eigenvalue weighted by atomic mass is 16.6. The second-order valence-electron chi connectivity index (χ2n) is 7.20. The Kier molecular flexibility index (Phi) is 7.01. The van der Waals surface area contributed by atoms with Gasteiger partial charge in [0.25, 0.3) is 5.91 Å². The lowest BCUT2D eigenvalue weighted by molar-refractivity contribution is 0.0229. The fourth-order valence-electron chi connectivity index (χ4n) is 2.54. The first-order valence-corrected chi connectivity index (χ1v) is 8.73. The molecular weight excluding hydrogens is 324 g/mol. The number of carbonyl (C=O) groups excluding carboxylic acids is 2. The SMILES string of the molecule is CC(C)(C)OC(=O)N(CCCNCC1CCOC1)C(=O)c1ccco1. The van der Waals surface area contributed by atoms with Gasteiger partial charge in [-0.3, -0.25) is 4.79 Å². The summed E-state index contributed by atoms with van der Waals surface area (Å²) in [6.07, 6.45) is 2.47. The zero-order valence-corrected chi connectivity index (χ0v) is 15.2. The van der Waals surface area contributed by atoms with Crippen molar-refractivity contribution in [2.75, 3.05) is 32.8 Å². The molecule has 0 saturated carbocycles. The molecule has 0 aliphatic carbocycles. The summed E-state index contributed by atoms with van der Waals surface area (Å²) in [5, 5.41) is 3.35. The van der Waals surface area contributed by atoms with Gasteiger partial charge < -0.3 is 19.2 Å². The minimum Gasteiger partial charge on any atom is -0.459 e. The lowest BCUT2D eigenvalue weighted by Gasteiger charge is -2.25. The standard InChI is InChI=1S/C18H28N2O5/c1-18(2,3)25-17(22)20(16(21)15-6-4-10-24-15)9-5-8-19-12-14-7-11-23-13-14/h4,6,10,14,19H,5,7-9,11-13H2,1-3H3. The molecule has 25 heavy (non-hydrogen) atoms. The summed E-state index contributed by atoms with van der Waals surface area (Å²) in [5.74, 6) is 0.192. The number of amides is 2. The lowest BCUT2D eigenvalue weighted by atomic mass is 10.1. The van der Waals surface area contributed by atoms with Crippen molar-refractivity contribution in [3.63, 3.8) is 0 Å². The number of furan rings is 1. The molecule has 1 atom stereocenters. The van der Waals surface area contributed by atoms with Gasteiger partial charge in [0, 0.05) is 19.7 Å². The number of hydrogen-bond donors (Lipinski definition) is 1. The molecular formula is C18H28N2O5. The van der Waals surface area contributed by atoms with E-state index in [9.17, 15) is 9.59 Å². The van der Waals surface area contributed by atoms with Crippen molar-refractivity contribution in [1.82, 2.24) is 10.2 Å². The average molecular weight is 352 g/mol. The molecule has 2 heterocycles. The van der Waals surface area contributed by atoms with E-state index in [0.29, 0.717) is 18.9 Å². The molecule has 1 aromatic heterocycles. The van der Waals surface area contributed by atoms with Crippen molar-refractivity contribution in [3.8, 4) is 0 Å². The lowest BCUT2D eigenvalue weighted by Crippen LogP contribution is -2.42. The molecule has 1 fully saturated rings. The predicted molar refractivity (Wildman–Crippen MR) is 92.4 cm³/mol. The van der Waals surface area contributed by atoms with E-state index in [1.165, 1.54) is 12.3 Å². The highest BCUT2D eigenvalue weighted by Gasteiger charge is 2.29. The van der Waals surface area contributed by atoms with E-state index in [1.807, 2.05) is 0 Å². The molecule has 1 N–H and O–H groups in total. The highest BCUT2D eigenvalue weighted by Crippen LogP contribution is 2.14. The summed E-state index contributed by atoms with van der Waals surface area (Å²) in [7, 11) is 0. The second-order valence-corrected chi connectivity index (χ2v) is 7.20. The first-order chi connectivity index (χ1) is 11.9. The minimum atomic E-state index is -0.667. The summed E-state index contributed by atoms with van der Waals surface area (Å²) in [6.45, 7) is 8.80. The van der Waals surface area contributed by atoms with E-state index >= 15 is 0 Å². The summed E-state index contributed by atoms with van der Waals surface area (Å²) in [4.78, 5) is 26.0. The van der Waals surface area contributed by atoms with Crippen LogP contribution in [0.1, 0.15) is 44.2 Å². The van der Waals surface area contributed by atoms with Crippen molar-refractivity contribution in [2.45, 2.75) is 39.2 Å². The molecule has 7 heteroatoms. The molecule has 0 aromatic carbocycles. The van der Waals surface area contributed by atoms with Crippen LogP contribution in [-0.2, 0) is 9.47 Å². The van der Waals surface area contributed by atoms with Gasteiger partial charge in [0.05, 0.1) is 12.9 Å². The molecule has 2 amide bonds. The Labute approximate surface area is 148 Å². The topological polar surface area (TPSA) is 81.0 Å². The van der Waals surface area contributed by atoms with Crippen LogP contribution in [0.5, 0.6) is 0 Å². The number of ether oxygens (including phenoxy) is 2. The van der Waals surface area contributed by atoms with E-state index in [4.69, 9.17) is 13.9 Å². The van der Waals surface area contributed by atoms with Crippen LogP contribution in [0.2, 0.25) is 0 Å². The molecule has 1 saturated heterocycles. The van der Waals surface area contributed by atoms with Crippen molar-refractivity contribution in [2.24, 2.45) is 5.92 Å². The van der Waals surface area contributed by atoms with Gasteiger partial charge in [0.15, 0.2) is 5.76 Å². The third-order valence-corrected chi connectivity index (χ3v) is 3.78. The molecule has 1 aromatic rings. The second kappa shape index (κ2) is 9.01. The van der Waals surface area contributed by atoms with Gasteiger partial charge in [-0.2, -0.15) is 0 Å². The van der Waals surface area contributed by atoms with E-state index in [-0.39, 0.29) is 12.3 Å². The summed E-state index contributed by atoms with van der Waals surface area (Å²) < 4.78 is 15.8. The van der Waals surface area contributed by atoms with Crippen molar-refractivity contribution >= 4 is 12.0 Å². The van der Waals surface area contributed by atoms with Gasteiger partial charge in [-0.15, -0.1) is 0 Å². The zero-order chi connectivity index (χ0) is 18.3. The predicted octanol–water partition coefficient (Wildman–Crippen LogP) is 2.67. The normalized spacial score (nSPS) is 17.5. The maximum atomic E-state index is 12.5. The minimum absolute atomic E-state index is 0.127. The third-order valence-electron chi connectivity index (χ3n) is 3.78. The van der Waals surface area contributed by atoms with Crippen LogP contribution in [0.15, 0.2) is 22.8 Å². The number of rotatable bonds is 7. The number of nitrogens with zero attached hydrogens (tertiary/aromatic N) is 1. The van der Waals surface area contributed by atoms with Gasteiger partial charge in [0.2, 0.25) is 0 Å². The van der Waals surface area contributed by atoms with Gasteiger partial charge in [0.1, 0.15) is 5.60 Å². The van der Waals surface area contributed by atoms with E-state index < -0.39 is 17.6 Å². The smallest absolute Gasteiger partial charge is 0.417 e. The fourth-order valence-corrected chi connectivity index (χ4v) is 2.54. The molecule has 2 rings (SSSR count). The summed E-state index contributed by atoms with van der Waals surface area (Å²) >= 11 is 0. The van der Waals surface area contributed by atoms with Crippen LogP contribution >= 0.6 is 0 Å². The Balaban J connectivity index is 1.85. The van der Waals surface area contributed by atoms with E-state index in [1.54, 1.807) is 26.8 Å². The Morgan fingerprint density at radius 2 is 2.20 bits per heavy atom. The van der Waals surface area contributed by atoms with Crippen LogP contribution in [0, 0.1) is 5.92 Å². The first kappa shape index (κ1) is 19.5. The fraction of sp³-hybridized carbons (Fsp3) is 0.667. The Hall–Kier alpha value is -1.86. The van der Waals surface area contributed by atoms with Crippen LogP contribution in [-0.4, -0.2) is 55.3 Å². The number of imide groups is 1. The zero-order valence-electron chi connectivity index (χ0n) is 15.2. The number of nitrogens with one attached hydrogen (secondary N) is 1. The highest BCUT2D eigenvalue weighted by molar-refractivity contribution is 6.01. The molecule has 7 nitrogen and oxygen atoms in total. The van der Waals surface area contributed by atoms with E-state index in [0.717, 1.165) is 31.1 Å². The average Bonchev–Trinajstić information content (AvgIpc) is 3.21. The van der Waals surface area contributed by atoms with Crippen LogP contribution in [0.25, 0.3) is 0 Å². The maximum absolute atomic E-state index is 12.5. The van der Waals surface area contributed by atoms with Gasteiger partial charge >= 0.3 is 6.09 Å². The Morgan fingerprint density at radius 3 is 2.80 bits per heavy atom.